The molecule has 0 aromatic heterocycles. The van der Waals surface area contributed by atoms with Crippen LogP contribution < -0.4 is 4.74 Å². The van der Waals surface area contributed by atoms with Crippen molar-refractivity contribution >= 4 is 5.97 Å². The van der Waals surface area contributed by atoms with Gasteiger partial charge in [0, 0.05) is 0 Å². The number of carbonyl (C=O) groups is 1. The van der Waals surface area contributed by atoms with Gasteiger partial charge in [-0.2, -0.15) is 0 Å². The maximum Gasteiger partial charge on any atom is 0.311 e. The summed E-state index contributed by atoms with van der Waals surface area (Å²) in [6.07, 6.45) is 0.265. The van der Waals surface area contributed by atoms with Crippen LogP contribution in [0.4, 0.5) is 0 Å². The molecule has 0 heterocycles. The van der Waals surface area contributed by atoms with E-state index >= 15 is 0 Å². The Morgan fingerprint density at radius 3 is 2.55 bits per heavy atom. The topological polar surface area (TPSA) is 76.0 Å². The smallest absolute Gasteiger partial charge is 0.311 e. The summed E-state index contributed by atoms with van der Waals surface area (Å²) >= 11 is 0. The summed E-state index contributed by atoms with van der Waals surface area (Å²) in [5.74, 6) is -0.794. The molecular formula is C15H22O5. The van der Waals surface area contributed by atoms with Crippen LogP contribution in [-0.4, -0.2) is 29.9 Å². The number of aliphatic hydroxyl groups is 1. The van der Waals surface area contributed by atoms with Crippen LogP contribution in [0.2, 0.25) is 0 Å². The number of aromatic hydroxyl groups is 1. The van der Waals surface area contributed by atoms with E-state index in [1.165, 1.54) is 13.2 Å². The molecule has 0 saturated heterocycles. The first kappa shape index (κ1) is 16.3. The Morgan fingerprint density at radius 2 is 2.05 bits per heavy atom. The van der Waals surface area contributed by atoms with Crippen LogP contribution in [0.3, 0.4) is 0 Å². The molecular weight excluding hydrogens is 260 g/mol. The molecule has 0 spiro atoms. The summed E-state index contributed by atoms with van der Waals surface area (Å²) < 4.78 is 9.94. The number of ether oxygens (including phenoxy) is 2. The first-order valence-electron chi connectivity index (χ1n) is 6.76. The Bertz CT molecular complexity index is 444. The standard InChI is InChI=1S/C15H22O5/c1-4-6-11(15(18)20-5-2)14(17)10-7-8-13(19-3)12(16)9-10/h7-9,11,14,16-17H,4-6H2,1-3H3. The lowest BCUT2D eigenvalue weighted by molar-refractivity contribution is -0.152. The van der Waals surface area contributed by atoms with Crippen molar-refractivity contribution in [1.29, 1.82) is 0 Å². The highest BCUT2D eigenvalue weighted by Gasteiger charge is 2.29. The number of esters is 1. The maximum atomic E-state index is 11.9. The zero-order chi connectivity index (χ0) is 15.1. The molecule has 5 nitrogen and oxygen atoms in total. The third-order valence-corrected chi connectivity index (χ3v) is 3.11. The van der Waals surface area contributed by atoms with E-state index in [0.717, 1.165) is 6.42 Å². The first-order chi connectivity index (χ1) is 9.54. The van der Waals surface area contributed by atoms with Crippen molar-refractivity contribution in [2.75, 3.05) is 13.7 Å². The molecule has 2 unspecified atom stereocenters. The van der Waals surface area contributed by atoms with Gasteiger partial charge in [0.1, 0.15) is 0 Å². The minimum atomic E-state index is -1.01. The highest BCUT2D eigenvalue weighted by Crippen LogP contribution is 2.33. The quantitative estimate of drug-likeness (QED) is 0.751. The molecule has 0 fully saturated rings. The fourth-order valence-corrected chi connectivity index (χ4v) is 2.09. The molecule has 0 saturated carbocycles. The van der Waals surface area contributed by atoms with E-state index in [4.69, 9.17) is 9.47 Å². The molecule has 0 aliphatic carbocycles. The minimum Gasteiger partial charge on any atom is -0.504 e. The summed E-state index contributed by atoms with van der Waals surface area (Å²) in [7, 11) is 1.45. The molecule has 112 valence electrons. The lowest BCUT2D eigenvalue weighted by Gasteiger charge is -2.21. The fourth-order valence-electron chi connectivity index (χ4n) is 2.09. The molecule has 20 heavy (non-hydrogen) atoms. The minimum absolute atomic E-state index is 0.0665. The van der Waals surface area contributed by atoms with Gasteiger partial charge in [-0.3, -0.25) is 4.79 Å². The van der Waals surface area contributed by atoms with Crippen molar-refractivity contribution in [3.63, 3.8) is 0 Å². The van der Waals surface area contributed by atoms with E-state index in [9.17, 15) is 15.0 Å². The van der Waals surface area contributed by atoms with Gasteiger partial charge < -0.3 is 19.7 Å². The monoisotopic (exact) mass is 282 g/mol. The molecule has 0 aliphatic rings. The van der Waals surface area contributed by atoms with Gasteiger partial charge in [-0.25, -0.2) is 0 Å². The van der Waals surface area contributed by atoms with E-state index in [1.807, 2.05) is 6.92 Å². The van der Waals surface area contributed by atoms with Crippen molar-refractivity contribution < 1.29 is 24.5 Å². The van der Waals surface area contributed by atoms with Crippen LogP contribution in [0.5, 0.6) is 11.5 Å². The second-order valence-corrected chi connectivity index (χ2v) is 4.52. The number of aliphatic hydroxyl groups excluding tert-OH is 1. The normalized spacial score (nSPS) is 13.6. The highest BCUT2D eigenvalue weighted by atomic mass is 16.5. The van der Waals surface area contributed by atoms with E-state index in [-0.39, 0.29) is 12.4 Å². The van der Waals surface area contributed by atoms with Crippen LogP contribution in [-0.2, 0) is 9.53 Å². The molecule has 2 atom stereocenters. The van der Waals surface area contributed by atoms with Gasteiger partial charge in [0.2, 0.25) is 0 Å². The van der Waals surface area contributed by atoms with Gasteiger partial charge in [-0.15, -0.1) is 0 Å². The number of methoxy groups -OCH3 is 1. The second kappa shape index (κ2) is 7.75. The lowest BCUT2D eigenvalue weighted by Crippen LogP contribution is -2.24. The third-order valence-electron chi connectivity index (χ3n) is 3.11. The van der Waals surface area contributed by atoms with Crippen LogP contribution in [0.15, 0.2) is 18.2 Å². The Balaban J connectivity index is 2.96. The Morgan fingerprint density at radius 1 is 1.35 bits per heavy atom. The van der Waals surface area contributed by atoms with Crippen molar-refractivity contribution in [2.45, 2.75) is 32.8 Å². The number of rotatable bonds is 7. The largest absolute Gasteiger partial charge is 0.504 e. The van der Waals surface area contributed by atoms with Crippen LogP contribution in [0.1, 0.15) is 38.4 Å². The number of carbonyl (C=O) groups excluding carboxylic acids is 1. The lowest BCUT2D eigenvalue weighted by atomic mass is 9.91. The summed E-state index contributed by atoms with van der Waals surface area (Å²) in [6.45, 7) is 3.94. The van der Waals surface area contributed by atoms with Gasteiger partial charge in [0.15, 0.2) is 11.5 Å². The fraction of sp³-hybridized carbons (Fsp3) is 0.533. The van der Waals surface area contributed by atoms with Crippen molar-refractivity contribution in [1.82, 2.24) is 0 Å². The number of benzene rings is 1. The molecule has 0 radical (unpaired) electrons. The Kier molecular flexibility index (Phi) is 6.31. The summed E-state index contributed by atoms with van der Waals surface area (Å²) in [4.78, 5) is 11.9. The average Bonchev–Trinajstić information content (AvgIpc) is 2.44. The van der Waals surface area contributed by atoms with Crippen molar-refractivity contribution in [2.24, 2.45) is 5.92 Å². The predicted octanol–water partition coefficient (Wildman–Crippen LogP) is 2.41. The first-order valence-corrected chi connectivity index (χ1v) is 6.76. The van der Waals surface area contributed by atoms with Gasteiger partial charge >= 0.3 is 5.97 Å². The number of hydrogen-bond donors (Lipinski definition) is 2. The van der Waals surface area contributed by atoms with Gasteiger partial charge in [0.25, 0.3) is 0 Å². The van der Waals surface area contributed by atoms with Crippen molar-refractivity contribution in [3.05, 3.63) is 23.8 Å². The molecule has 0 aliphatic heterocycles. The molecule has 5 heteroatoms. The van der Waals surface area contributed by atoms with E-state index in [2.05, 4.69) is 0 Å². The molecule has 1 aromatic carbocycles. The van der Waals surface area contributed by atoms with Gasteiger partial charge in [-0.05, 0) is 31.0 Å². The molecule has 1 rings (SSSR count). The van der Waals surface area contributed by atoms with Crippen molar-refractivity contribution in [3.8, 4) is 11.5 Å². The second-order valence-electron chi connectivity index (χ2n) is 4.52. The maximum absolute atomic E-state index is 11.9. The van der Waals surface area contributed by atoms with E-state index in [0.29, 0.717) is 17.7 Å². The zero-order valence-corrected chi connectivity index (χ0v) is 12.1. The van der Waals surface area contributed by atoms with Crippen LogP contribution >= 0.6 is 0 Å². The Hall–Kier alpha value is -1.75. The number of phenols is 1. The van der Waals surface area contributed by atoms with Gasteiger partial charge in [0.05, 0.1) is 25.7 Å². The summed E-state index contributed by atoms with van der Waals surface area (Å²) in [5.41, 5.74) is 0.467. The Labute approximate surface area is 119 Å². The molecule has 0 amide bonds. The third kappa shape index (κ3) is 3.87. The number of hydrogen-bond acceptors (Lipinski definition) is 5. The number of phenolic OH excluding ortho intramolecular Hbond substituents is 1. The van der Waals surface area contributed by atoms with E-state index in [1.54, 1.807) is 19.1 Å². The highest BCUT2D eigenvalue weighted by molar-refractivity contribution is 5.73. The predicted molar refractivity (Wildman–Crippen MR) is 74.6 cm³/mol. The summed E-state index contributed by atoms with van der Waals surface area (Å²) in [6, 6.07) is 4.60. The SMILES string of the molecule is CCCC(C(=O)OCC)C(O)c1ccc(OC)c(O)c1. The van der Waals surface area contributed by atoms with Gasteiger partial charge in [-0.1, -0.05) is 19.4 Å². The zero-order valence-electron chi connectivity index (χ0n) is 12.1. The summed E-state index contributed by atoms with van der Waals surface area (Å²) in [5, 5.41) is 20.1. The average molecular weight is 282 g/mol. The van der Waals surface area contributed by atoms with E-state index < -0.39 is 18.0 Å². The van der Waals surface area contributed by atoms with Crippen LogP contribution in [0.25, 0.3) is 0 Å². The molecule has 0 bridgehead atoms. The molecule has 2 N–H and O–H groups in total. The molecule has 1 aromatic rings. The van der Waals surface area contributed by atoms with Crippen LogP contribution in [0, 0.1) is 5.92 Å².